The molecule has 130 valence electrons. The maximum absolute atomic E-state index is 12.9. The zero-order chi connectivity index (χ0) is 17.5. The number of urea groups is 1. The maximum atomic E-state index is 12.9. The highest BCUT2D eigenvalue weighted by molar-refractivity contribution is 6.07. The summed E-state index contributed by atoms with van der Waals surface area (Å²) in [5.74, 6) is -0.185. The Morgan fingerprint density at radius 1 is 1.46 bits per heavy atom. The van der Waals surface area contributed by atoms with E-state index in [1.165, 1.54) is 12.0 Å². The second-order valence-corrected chi connectivity index (χ2v) is 6.66. The second-order valence-electron chi connectivity index (χ2n) is 6.66. The molecule has 0 unspecified atom stereocenters. The van der Waals surface area contributed by atoms with E-state index in [0.29, 0.717) is 17.7 Å². The number of ether oxygens (including phenoxy) is 1. The predicted molar refractivity (Wildman–Crippen MR) is 84.2 cm³/mol. The van der Waals surface area contributed by atoms with Crippen molar-refractivity contribution in [3.8, 4) is 0 Å². The molecular formula is C17H22N2O5. The molecule has 1 aliphatic carbocycles. The average molecular weight is 334 g/mol. The quantitative estimate of drug-likeness (QED) is 0.677. The van der Waals surface area contributed by atoms with Crippen molar-refractivity contribution in [2.24, 2.45) is 5.92 Å². The number of hydrogen-bond acceptors (Lipinski definition) is 5. The van der Waals surface area contributed by atoms with Crippen LogP contribution in [0.1, 0.15) is 54.5 Å². The van der Waals surface area contributed by atoms with E-state index in [9.17, 15) is 14.4 Å². The first-order valence-corrected chi connectivity index (χ1v) is 8.21. The molecular weight excluding hydrogens is 312 g/mol. The van der Waals surface area contributed by atoms with Crippen LogP contribution in [0.5, 0.6) is 0 Å². The number of esters is 1. The number of carbonyl (C=O) groups excluding carboxylic acids is 3. The lowest BCUT2D eigenvalue weighted by atomic mass is 9.73. The van der Waals surface area contributed by atoms with Gasteiger partial charge in [-0.2, -0.15) is 0 Å². The Hall–Kier alpha value is -2.31. The van der Waals surface area contributed by atoms with Crippen molar-refractivity contribution in [2.75, 3.05) is 7.11 Å². The minimum Gasteiger partial charge on any atom is -0.463 e. The number of nitrogens with zero attached hydrogens (tertiary/aromatic N) is 1. The number of imide groups is 1. The van der Waals surface area contributed by atoms with Gasteiger partial charge in [0.25, 0.3) is 5.91 Å². The zero-order valence-corrected chi connectivity index (χ0v) is 14.2. The monoisotopic (exact) mass is 334 g/mol. The number of hydrogen-bond donors (Lipinski definition) is 1. The Bertz CT molecular complexity index is 695. The van der Waals surface area contributed by atoms with Crippen LogP contribution >= 0.6 is 0 Å². The highest BCUT2D eigenvalue weighted by Gasteiger charge is 2.54. The minimum absolute atomic E-state index is 0.0109. The first kappa shape index (κ1) is 16.5. The molecule has 0 aromatic carbocycles. The largest absolute Gasteiger partial charge is 0.463 e. The van der Waals surface area contributed by atoms with Crippen molar-refractivity contribution in [3.05, 3.63) is 23.2 Å². The van der Waals surface area contributed by atoms with Gasteiger partial charge in [0.1, 0.15) is 11.3 Å². The molecule has 7 nitrogen and oxygen atoms in total. The Kier molecular flexibility index (Phi) is 4.11. The zero-order valence-electron chi connectivity index (χ0n) is 14.2. The summed E-state index contributed by atoms with van der Waals surface area (Å²) in [6.45, 7) is 3.74. The summed E-state index contributed by atoms with van der Waals surface area (Å²) in [4.78, 5) is 38.1. The molecule has 1 N–H and O–H groups in total. The van der Waals surface area contributed by atoms with Crippen LogP contribution in [-0.2, 0) is 16.1 Å². The van der Waals surface area contributed by atoms with E-state index in [1.54, 1.807) is 13.0 Å². The summed E-state index contributed by atoms with van der Waals surface area (Å²) in [6.07, 6.45) is 3.59. The highest BCUT2D eigenvalue weighted by atomic mass is 16.5. The van der Waals surface area contributed by atoms with Crippen LogP contribution in [0, 0.1) is 12.8 Å². The molecule has 2 fully saturated rings. The van der Waals surface area contributed by atoms with Crippen molar-refractivity contribution in [1.29, 1.82) is 0 Å². The topological polar surface area (TPSA) is 88.8 Å². The van der Waals surface area contributed by atoms with Gasteiger partial charge in [-0.05, 0) is 31.7 Å². The summed E-state index contributed by atoms with van der Waals surface area (Å²) in [5.41, 5.74) is -0.174. The van der Waals surface area contributed by atoms with E-state index in [1.807, 2.05) is 6.92 Å². The third kappa shape index (κ3) is 2.48. The van der Waals surface area contributed by atoms with Crippen LogP contribution in [0.4, 0.5) is 4.79 Å². The van der Waals surface area contributed by atoms with Gasteiger partial charge < -0.3 is 14.5 Å². The molecule has 0 bridgehead atoms. The fraction of sp³-hybridized carbons (Fsp3) is 0.588. The van der Waals surface area contributed by atoms with Crippen molar-refractivity contribution >= 4 is 17.9 Å². The van der Waals surface area contributed by atoms with E-state index in [2.05, 4.69) is 10.1 Å². The number of amides is 3. The molecule has 2 atom stereocenters. The van der Waals surface area contributed by atoms with E-state index in [-0.39, 0.29) is 24.1 Å². The predicted octanol–water partition coefficient (Wildman–Crippen LogP) is 2.38. The molecule has 1 saturated carbocycles. The third-order valence-corrected chi connectivity index (χ3v) is 5.15. The van der Waals surface area contributed by atoms with Gasteiger partial charge in [0, 0.05) is 5.56 Å². The molecule has 1 spiro atoms. The van der Waals surface area contributed by atoms with Crippen LogP contribution < -0.4 is 5.32 Å². The first-order chi connectivity index (χ1) is 11.4. The number of nitrogens with one attached hydrogen (secondary N) is 1. The first-order valence-electron chi connectivity index (χ1n) is 8.21. The molecule has 7 heteroatoms. The average Bonchev–Trinajstić information content (AvgIpc) is 3.03. The van der Waals surface area contributed by atoms with Gasteiger partial charge in [0.15, 0.2) is 0 Å². The lowest BCUT2D eigenvalue weighted by molar-refractivity contribution is -0.134. The number of rotatable bonds is 3. The minimum atomic E-state index is -0.790. The molecule has 1 saturated heterocycles. The van der Waals surface area contributed by atoms with Crippen LogP contribution in [-0.4, -0.2) is 35.5 Å². The lowest BCUT2D eigenvalue weighted by Crippen LogP contribution is -2.53. The van der Waals surface area contributed by atoms with Gasteiger partial charge >= 0.3 is 12.0 Å². The lowest BCUT2D eigenvalue weighted by Gasteiger charge is -2.36. The van der Waals surface area contributed by atoms with E-state index < -0.39 is 17.5 Å². The van der Waals surface area contributed by atoms with Gasteiger partial charge in [0.05, 0.1) is 13.7 Å². The molecule has 2 heterocycles. The molecule has 1 aromatic rings. The molecule has 1 aromatic heterocycles. The summed E-state index contributed by atoms with van der Waals surface area (Å²) in [5, 5.41) is 2.90. The normalized spacial score (nSPS) is 26.8. The number of methoxy groups -OCH3 is 1. The molecule has 0 radical (unpaired) electrons. The van der Waals surface area contributed by atoms with Gasteiger partial charge in [-0.15, -0.1) is 0 Å². The third-order valence-electron chi connectivity index (χ3n) is 5.15. The summed E-state index contributed by atoms with van der Waals surface area (Å²) < 4.78 is 10.1. The van der Waals surface area contributed by atoms with Crippen molar-refractivity contribution in [3.63, 3.8) is 0 Å². The summed E-state index contributed by atoms with van der Waals surface area (Å²) >= 11 is 0. The van der Waals surface area contributed by atoms with Crippen molar-refractivity contribution in [1.82, 2.24) is 10.2 Å². The Morgan fingerprint density at radius 3 is 2.88 bits per heavy atom. The molecule has 24 heavy (non-hydrogen) atoms. The van der Waals surface area contributed by atoms with Gasteiger partial charge in [0.2, 0.25) is 5.76 Å². The number of aryl methyl sites for hydroxylation is 1. The van der Waals surface area contributed by atoms with Crippen LogP contribution in [0.15, 0.2) is 10.5 Å². The standard InChI is InChI=1S/C17H22N2O5/c1-10-8-12(24-13(10)14(20)23-3)9-19-15(21)17(18-16(19)22)7-5-4-6-11(17)2/h8,11H,4-7,9H2,1-3H3,(H,18,22)/t11-,17+/m0/s1. The van der Waals surface area contributed by atoms with Crippen molar-refractivity contribution < 1.29 is 23.5 Å². The van der Waals surface area contributed by atoms with Crippen LogP contribution in [0.3, 0.4) is 0 Å². The second kappa shape index (κ2) is 5.96. The van der Waals surface area contributed by atoms with Gasteiger partial charge in [-0.25, -0.2) is 9.59 Å². The summed E-state index contributed by atoms with van der Waals surface area (Å²) in [6, 6.07) is 1.25. The molecule has 1 aliphatic heterocycles. The van der Waals surface area contributed by atoms with Crippen LogP contribution in [0.2, 0.25) is 0 Å². The molecule has 3 rings (SSSR count). The van der Waals surface area contributed by atoms with Crippen LogP contribution in [0.25, 0.3) is 0 Å². The number of furan rings is 1. The van der Waals surface area contributed by atoms with E-state index in [0.717, 1.165) is 19.3 Å². The molecule has 3 amide bonds. The smallest absolute Gasteiger partial charge is 0.374 e. The fourth-order valence-corrected chi connectivity index (χ4v) is 3.72. The molecule has 2 aliphatic rings. The highest BCUT2D eigenvalue weighted by Crippen LogP contribution is 2.38. The number of carbonyl (C=O) groups is 3. The van der Waals surface area contributed by atoms with Crippen molar-refractivity contribution in [2.45, 2.75) is 51.6 Å². The SMILES string of the molecule is COC(=O)c1oc(CN2C(=O)N[C@@]3(CCCC[C@@H]3C)C2=O)cc1C. The summed E-state index contributed by atoms with van der Waals surface area (Å²) in [7, 11) is 1.27. The fourth-order valence-electron chi connectivity index (χ4n) is 3.72. The van der Waals surface area contributed by atoms with E-state index >= 15 is 0 Å². The Balaban J connectivity index is 1.82. The van der Waals surface area contributed by atoms with Gasteiger partial charge in [-0.1, -0.05) is 19.8 Å². The Labute approximate surface area is 140 Å². The Morgan fingerprint density at radius 2 is 2.21 bits per heavy atom. The van der Waals surface area contributed by atoms with Gasteiger partial charge in [-0.3, -0.25) is 9.69 Å². The maximum Gasteiger partial charge on any atom is 0.374 e. The van der Waals surface area contributed by atoms with E-state index in [4.69, 9.17) is 4.42 Å².